The number of aldehydes is 1. The molecule has 12 aliphatic rings. The lowest BCUT2D eigenvalue weighted by Gasteiger charge is -2.72. The average molecular weight is 1720 g/mol. The lowest BCUT2D eigenvalue weighted by atomic mass is 9.33. The summed E-state index contributed by atoms with van der Waals surface area (Å²) in [6, 6.07) is 29.2. The van der Waals surface area contributed by atoms with E-state index in [1.807, 2.05) is 126 Å². The SMILES string of the molecule is CCC1O[C@@H](OC2[C@H](O[C@H]3CCC4(C)C5CC=C6C7CC(C)(C)CC[C@]7(C(=O)N[C@H]7OC(COCc8ccccc8)[C@H](N=[N+]=[N-])C(C)C7O[C@@H]7OC(C)[C@H](O[C@@H]8OC[C@@H](OCc9ccccc9)C(OCc9ccccc9)C8C)C8OC(C)(C)OC87)C(OC)C[C@@]6(C)[C@@]5(C)CC[C@H]4[C@@]3(C)C=O)OC(C(C)=O)[C@@H](C)[C@@H]2O[C@@H]2OC[C@@H](C)[C@H](C)C2C)C(C)[C@@H](C)[C@H]1C. The number of amides is 1. The van der Waals surface area contributed by atoms with Gasteiger partial charge in [0.1, 0.15) is 49.0 Å². The minimum Gasteiger partial charge on any atom is -0.380 e. The predicted molar refractivity (Wildman–Crippen MR) is 464 cm³/mol. The van der Waals surface area contributed by atoms with E-state index in [2.05, 4.69) is 118 Å². The van der Waals surface area contributed by atoms with Crippen molar-refractivity contribution in [1.82, 2.24) is 5.32 Å². The van der Waals surface area contributed by atoms with Gasteiger partial charge in [0.05, 0.1) is 99.2 Å². The summed E-state index contributed by atoms with van der Waals surface area (Å²) < 4.78 is 119. The molecule has 11 fully saturated rings. The van der Waals surface area contributed by atoms with Gasteiger partial charge in [-0.2, -0.15) is 0 Å². The molecule has 17 unspecified atom stereocenters. The molecule has 3 aromatic carbocycles. The molecule has 7 saturated heterocycles. The number of carbonyl (C=O) groups is 3. The number of hydrogen-bond acceptors (Lipinski definition) is 21. The Kier molecular flexibility index (Phi) is 28.4. The molecule has 1 N–H and O–H groups in total. The molecule has 686 valence electrons. The minimum absolute atomic E-state index is 0.00636. The zero-order valence-electron chi connectivity index (χ0n) is 77.7. The van der Waals surface area contributed by atoms with E-state index in [4.69, 9.17) is 80.5 Å². The van der Waals surface area contributed by atoms with Crippen molar-refractivity contribution in [2.45, 2.75) is 357 Å². The van der Waals surface area contributed by atoms with Crippen molar-refractivity contribution < 1.29 is 94.9 Å². The van der Waals surface area contributed by atoms with Gasteiger partial charge in [-0.15, -0.1) is 0 Å². The number of hydrogen-bond donors (Lipinski definition) is 1. The first-order valence-corrected chi connectivity index (χ1v) is 47.0. The maximum atomic E-state index is 17.1. The first-order valence-electron chi connectivity index (χ1n) is 47.0. The molecular formula is C100H146N4O20. The number of Topliss-reactive ketones (excluding diaryl/α,β-unsaturated/α-hetero) is 1. The van der Waals surface area contributed by atoms with Gasteiger partial charge in [-0.1, -0.05) is 219 Å². The molecule has 24 nitrogen and oxygen atoms in total. The standard InChI is InChI=1S/C100H146N4O20/c1-22-71-58(5)57(4)60(7)90(116-71)122-85-81(119-88-59(6)56(3)55(2)48-112-88)62(9)79(64(11)106)118-91(85)117-76-41-42-96(17)74(97(76,18)54-105)40-43-98(19)75(96)39-38-69-70-46-94(13,14)44-45-100(70,77(108-21)47-99(69,98)20)93(107)102-87-82(61(8)78(103-104-101)72(115-87)52-109-49-66-32-26-23-27-33-66)120-92-86-84(123-95(15,16)124-86)83(65(12)114-92)121-89-63(10)80(111-51-68-36-30-25-31-37-68)73(53-113-89)110-50-67-34-28-24-29-35-67/h23-38,54-63,65,70-92H,22,39-53H2,1-21H3,(H,102,107)/t55-,56+,57+,58-,59?,60?,61?,62-,63?,65?,70?,71?,72?,73-,74-,75?,76+,77?,78-,79?,80?,81+,82?,83+,84?,85?,86?,87+,88+,89+,90+,91-,92+,96?,97-,98+,99-,100-/m1/s1. The van der Waals surface area contributed by atoms with Crippen LogP contribution in [0.3, 0.4) is 0 Å². The highest BCUT2D eigenvalue weighted by molar-refractivity contribution is 5.85. The Labute approximate surface area is 737 Å². The van der Waals surface area contributed by atoms with E-state index in [0.717, 1.165) is 61.6 Å². The summed E-state index contributed by atoms with van der Waals surface area (Å²) in [5.41, 5.74) is 11.4. The third kappa shape index (κ3) is 17.7. The van der Waals surface area contributed by atoms with Gasteiger partial charge in [0.25, 0.3) is 0 Å². The smallest absolute Gasteiger partial charge is 0.231 e. The molecule has 7 aliphatic heterocycles. The van der Waals surface area contributed by atoms with E-state index >= 15 is 4.79 Å². The molecule has 24 heteroatoms. The second-order valence-corrected chi connectivity index (χ2v) is 42.1. The van der Waals surface area contributed by atoms with Crippen LogP contribution in [0.1, 0.15) is 219 Å². The highest BCUT2D eigenvalue weighted by atomic mass is 16.8. The summed E-state index contributed by atoms with van der Waals surface area (Å²) in [6.45, 7) is 44.8. The fraction of sp³-hybridized carbons (Fsp3) is 0.770. The molecule has 4 saturated carbocycles. The number of nitrogens with one attached hydrogen (secondary N) is 1. The molecule has 0 radical (unpaired) electrons. The first kappa shape index (κ1) is 93.5. The Morgan fingerprint density at radius 2 is 1.19 bits per heavy atom. The molecule has 0 aromatic heterocycles. The summed E-state index contributed by atoms with van der Waals surface area (Å²) in [4.78, 5) is 49.3. The largest absolute Gasteiger partial charge is 0.380 e. The van der Waals surface area contributed by atoms with E-state index < -0.39 is 157 Å². The quantitative estimate of drug-likeness (QED) is 0.0185. The number of allylic oxidation sites excluding steroid dienone is 2. The summed E-state index contributed by atoms with van der Waals surface area (Å²) in [6.07, 6.45) is -3.97. The third-order valence-corrected chi connectivity index (χ3v) is 33.9. The summed E-state index contributed by atoms with van der Waals surface area (Å²) in [5, 5.41) is 8.06. The number of benzene rings is 3. The van der Waals surface area contributed by atoms with Gasteiger partial charge in [-0.3, -0.25) is 9.59 Å². The van der Waals surface area contributed by atoms with Crippen molar-refractivity contribution >= 4 is 18.0 Å². The number of nitrogens with zero attached hydrogens (tertiary/aromatic N) is 3. The maximum Gasteiger partial charge on any atom is 0.231 e. The van der Waals surface area contributed by atoms with E-state index in [-0.39, 0.29) is 95.3 Å². The topological polar surface area (TPSA) is 269 Å². The summed E-state index contributed by atoms with van der Waals surface area (Å²) >= 11 is 0. The van der Waals surface area contributed by atoms with Crippen molar-refractivity contribution in [1.29, 1.82) is 0 Å². The van der Waals surface area contributed by atoms with Crippen molar-refractivity contribution in [3.8, 4) is 0 Å². The molecule has 124 heavy (non-hydrogen) atoms. The van der Waals surface area contributed by atoms with Gasteiger partial charge in [0.2, 0.25) is 5.91 Å². The highest BCUT2D eigenvalue weighted by Gasteiger charge is 2.73. The summed E-state index contributed by atoms with van der Waals surface area (Å²) in [7, 11) is 1.77. The van der Waals surface area contributed by atoms with E-state index in [9.17, 15) is 15.1 Å². The Morgan fingerprint density at radius 3 is 1.85 bits per heavy atom. The number of carbonyl (C=O) groups excluding carboxylic acids is 3. The van der Waals surface area contributed by atoms with Gasteiger partial charge in [-0.05, 0) is 183 Å². The molecule has 15 rings (SSSR count). The average Bonchev–Trinajstić information content (AvgIpc) is 0.753. The molecule has 7 heterocycles. The highest BCUT2D eigenvalue weighted by Crippen LogP contribution is 2.76. The van der Waals surface area contributed by atoms with Crippen LogP contribution >= 0.6 is 0 Å². The molecular weight excluding hydrogens is 1580 g/mol. The van der Waals surface area contributed by atoms with Gasteiger partial charge in [0, 0.05) is 35.7 Å². The van der Waals surface area contributed by atoms with Crippen LogP contribution in [0.5, 0.6) is 0 Å². The number of ether oxygens (including phenoxy) is 17. The molecule has 5 aliphatic carbocycles. The van der Waals surface area contributed by atoms with Gasteiger partial charge in [0.15, 0.2) is 49.2 Å². The summed E-state index contributed by atoms with van der Waals surface area (Å²) in [5.74, 6) is -1.84. The van der Waals surface area contributed by atoms with Crippen LogP contribution in [-0.4, -0.2) is 180 Å². The molecule has 0 spiro atoms. The predicted octanol–water partition coefficient (Wildman–Crippen LogP) is 17.6. The van der Waals surface area contributed by atoms with Crippen LogP contribution in [0.4, 0.5) is 0 Å². The molecule has 0 bridgehead atoms. The zero-order valence-corrected chi connectivity index (χ0v) is 77.7. The normalized spacial score (nSPS) is 46.0. The van der Waals surface area contributed by atoms with E-state index in [1.165, 1.54) is 11.9 Å². The zero-order chi connectivity index (χ0) is 88.5. The second kappa shape index (κ2) is 37.6. The number of ketones is 1. The van der Waals surface area contributed by atoms with Crippen LogP contribution in [0.15, 0.2) is 108 Å². The van der Waals surface area contributed by atoms with Crippen LogP contribution in [-0.2, 0) is 115 Å². The van der Waals surface area contributed by atoms with Crippen LogP contribution in [0.2, 0.25) is 0 Å². The van der Waals surface area contributed by atoms with Crippen molar-refractivity contribution in [3.05, 3.63) is 130 Å². The van der Waals surface area contributed by atoms with Gasteiger partial charge in [-0.25, -0.2) is 0 Å². The van der Waals surface area contributed by atoms with Crippen LogP contribution in [0, 0.1) is 104 Å². The van der Waals surface area contributed by atoms with Crippen molar-refractivity contribution in [2.75, 3.05) is 26.9 Å². The van der Waals surface area contributed by atoms with Crippen molar-refractivity contribution in [3.63, 3.8) is 0 Å². The number of rotatable bonds is 27. The lowest BCUT2D eigenvalue weighted by molar-refractivity contribution is -0.374. The van der Waals surface area contributed by atoms with E-state index in [0.29, 0.717) is 56.8 Å². The first-order chi connectivity index (χ1) is 59.1. The fourth-order valence-corrected chi connectivity index (χ4v) is 25.6. The number of fused-ring (bicyclic) bond motifs is 8. The Hall–Kier alpha value is -5.16. The third-order valence-electron chi connectivity index (χ3n) is 33.9. The number of methoxy groups -OCH3 is 1. The fourth-order valence-electron chi connectivity index (χ4n) is 25.6. The minimum atomic E-state index is -1.15. The molecule has 38 atom stereocenters. The van der Waals surface area contributed by atoms with Gasteiger partial charge >= 0.3 is 0 Å². The Bertz CT molecular complexity index is 4200. The van der Waals surface area contributed by atoms with Crippen LogP contribution in [0.25, 0.3) is 10.4 Å². The van der Waals surface area contributed by atoms with Crippen LogP contribution < -0.4 is 5.32 Å². The maximum absolute atomic E-state index is 17.1. The molecule has 3 aromatic rings. The van der Waals surface area contributed by atoms with E-state index in [1.54, 1.807) is 14.0 Å². The van der Waals surface area contributed by atoms with Crippen molar-refractivity contribution in [2.24, 2.45) is 109 Å². The number of azide groups is 1. The Morgan fingerprint density at radius 1 is 0.573 bits per heavy atom. The monoisotopic (exact) mass is 1720 g/mol. The molecule has 1 amide bonds. The second-order valence-electron chi connectivity index (χ2n) is 42.1. The van der Waals surface area contributed by atoms with Gasteiger partial charge < -0.3 is 90.6 Å². The Balaban J connectivity index is 0.710. The lowest BCUT2D eigenvalue weighted by Crippen LogP contribution is -2.70.